The third-order valence-electron chi connectivity index (χ3n) is 2.59. The molecule has 0 aromatic carbocycles. The summed E-state index contributed by atoms with van der Waals surface area (Å²) in [6, 6.07) is 2.58. The van der Waals surface area contributed by atoms with E-state index in [4.69, 9.17) is 4.42 Å². The van der Waals surface area contributed by atoms with Crippen LogP contribution in [0.2, 0.25) is 0 Å². The van der Waals surface area contributed by atoms with Gasteiger partial charge in [-0.1, -0.05) is 0 Å². The van der Waals surface area contributed by atoms with E-state index >= 15 is 0 Å². The molecule has 6 heteroatoms. The molecule has 0 bridgehead atoms. The number of hydrogen-bond acceptors (Lipinski definition) is 5. The number of nitrogens with one attached hydrogen (secondary N) is 1. The molecule has 84 valence electrons. The van der Waals surface area contributed by atoms with Crippen LogP contribution in [0.4, 0.5) is 6.01 Å². The fraction of sp³-hybridized carbons (Fsp3) is 0.400. The third-order valence-corrected chi connectivity index (χ3v) is 3.02. The molecule has 0 atom stereocenters. The van der Waals surface area contributed by atoms with Crippen molar-refractivity contribution < 1.29 is 4.42 Å². The molecule has 1 N–H and O–H groups in total. The molecular formula is C10H11BrN4O. The first-order valence-corrected chi connectivity index (χ1v) is 6.00. The van der Waals surface area contributed by atoms with Crippen molar-refractivity contribution in [3.8, 4) is 0 Å². The molecule has 16 heavy (non-hydrogen) atoms. The third kappa shape index (κ3) is 1.78. The minimum atomic E-state index is 0.594. The summed E-state index contributed by atoms with van der Waals surface area (Å²) in [5.74, 6) is 0. The number of aromatic nitrogens is 2. The Kier molecular flexibility index (Phi) is 2.53. The van der Waals surface area contributed by atoms with E-state index in [-0.39, 0.29) is 0 Å². The normalized spacial score (nSPS) is 16.9. The van der Waals surface area contributed by atoms with Crippen LogP contribution in [0.1, 0.15) is 0 Å². The Balaban J connectivity index is 1.97. The van der Waals surface area contributed by atoms with Crippen LogP contribution in [0, 0.1) is 0 Å². The Bertz CT molecular complexity index is 506. The Morgan fingerprint density at radius 3 is 3.00 bits per heavy atom. The van der Waals surface area contributed by atoms with Crippen molar-refractivity contribution in [2.45, 2.75) is 0 Å². The maximum absolute atomic E-state index is 5.62. The molecule has 1 aliphatic heterocycles. The zero-order chi connectivity index (χ0) is 11.0. The SMILES string of the molecule is Brc1cnc2oc(N3CCNCC3)nc2c1. The summed E-state index contributed by atoms with van der Waals surface area (Å²) in [6.45, 7) is 3.79. The van der Waals surface area contributed by atoms with Crippen LogP contribution < -0.4 is 10.2 Å². The summed E-state index contributed by atoms with van der Waals surface area (Å²) < 4.78 is 6.53. The first-order valence-electron chi connectivity index (χ1n) is 5.21. The number of pyridine rings is 1. The van der Waals surface area contributed by atoms with Crippen molar-refractivity contribution >= 4 is 33.2 Å². The second kappa shape index (κ2) is 4.03. The van der Waals surface area contributed by atoms with Crippen LogP contribution in [-0.2, 0) is 0 Å². The molecule has 0 saturated carbocycles. The number of fused-ring (bicyclic) bond motifs is 1. The minimum Gasteiger partial charge on any atom is -0.404 e. The van der Waals surface area contributed by atoms with Crippen molar-refractivity contribution in [3.63, 3.8) is 0 Å². The number of halogens is 1. The van der Waals surface area contributed by atoms with E-state index in [0.717, 1.165) is 36.2 Å². The number of rotatable bonds is 1. The molecular weight excluding hydrogens is 272 g/mol. The van der Waals surface area contributed by atoms with Crippen molar-refractivity contribution in [2.24, 2.45) is 0 Å². The van der Waals surface area contributed by atoms with Gasteiger partial charge in [0.15, 0.2) is 0 Å². The summed E-state index contributed by atoms with van der Waals surface area (Å²) in [5.41, 5.74) is 1.39. The average molecular weight is 283 g/mol. The van der Waals surface area contributed by atoms with Gasteiger partial charge in [-0.25, -0.2) is 4.98 Å². The Labute approximate surface area is 101 Å². The smallest absolute Gasteiger partial charge is 0.299 e. The van der Waals surface area contributed by atoms with E-state index < -0.39 is 0 Å². The van der Waals surface area contributed by atoms with Gasteiger partial charge in [0.05, 0.1) is 0 Å². The van der Waals surface area contributed by atoms with Crippen LogP contribution in [0.5, 0.6) is 0 Å². The van der Waals surface area contributed by atoms with Crippen LogP contribution in [0.15, 0.2) is 21.2 Å². The lowest BCUT2D eigenvalue weighted by molar-refractivity contribution is 0.513. The molecule has 3 rings (SSSR count). The molecule has 2 aromatic rings. The summed E-state index contributed by atoms with van der Waals surface area (Å²) in [7, 11) is 0. The number of piperazine rings is 1. The molecule has 1 saturated heterocycles. The number of anilines is 1. The average Bonchev–Trinajstić information content (AvgIpc) is 2.73. The topological polar surface area (TPSA) is 54.2 Å². The van der Waals surface area contributed by atoms with Crippen molar-refractivity contribution in [3.05, 3.63) is 16.7 Å². The lowest BCUT2D eigenvalue weighted by atomic mass is 10.4. The van der Waals surface area contributed by atoms with E-state index in [1.54, 1.807) is 6.20 Å². The van der Waals surface area contributed by atoms with Gasteiger partial charge in [-0.15, -0.1) is 0 Å². The Hall–Kier alpha value is -1.14. The lowest BCUT2D eigenvalue weighted by Crippen LogP contribution is -2.43. The van der Waals surface area contributed by atoms with Crippen molar-refractivity contribution in [1.29, 1.82) is 0 Å². The zero-order valence-electron chi connectivity index (χ0n) is 8.61. The predicted molar refractivity (Wildman–Crippen MR) is 64.6 cm³/mol. The van der Waals surface area contributed by atoms with Gasteiger partial charge < -0.3 is 14.6 Å². The fourth-order valence-corrected chi connectivity index (χ4v) is 2.10. The summed E-state index contributed by atoms with van der Waals surface area (Å²) >= 11 is 3.37. The van der Waals surface area contributed by atoms with E-state index in [1.165, 1.54) is 0 Å². The second-order valence-corrected chi connectivity index (χ2v) is 4.63. The van der Waals surface area contributed by atoms with Gasteiger partial charge in [-0.2, -0.15) is 4.98 Å². The quantitative estimate of drug-likeness (QED) is 0.857. The first kappa shape index (κ1) is 10.0. The number of oxazole rings is 1. The molecule has 1 fully saturated rings. The highest BCUT2D eigenvalue weighted by atomic mass is 79.9. The number of nitrogens with zero attached hydrogens (tertiary/aromatic N) is 3. The van der Waals surface area contributed by atoms with Crippen LogP contribution in [0.3, 0.4) is 0 Å². The molecule has 2 aromatic heterocycles. The lowest BCUT2D eigenvalue weighted by Gasteiger charge is -2.25. The van der Waals surface area contributed by atoms with Gasteiger partial charge in [0.1, 0.15) is 5.52 Å². The van der Waals surface area contributed by atoms with Gasteiger partial charge >= 0.3 is 0 Å². The highest BCUT2D eigenvalue weighted by Gasteiger charge is 2.16. The van der Waals surface area contributed by atoms with E-state index in [0.29, 0.717) is 11.7 Å². The minimum absolute atomic E-state index is 0.594. The summed E-state index contributed by atoms with van der Waals surface area (Å²) in [4.78, 5) is 10.7. The Morgan fingerprint density at radius 1 is 1.38 bits per heavy atom. The van der Waals surface area contributed by atoms with Gasteiger partial charge in [-0.05, 0) is 22.0 Å². The molecule has 0 aliphatic carbocycles. The molecule has 0 amide bonds. The Morgan fingerprint density at radius 2 is 2.19 bits per heavy atom. The summed E-state index contributed by atoms with van der Waals surface area (Å²) in [5, 5.41) is 3.29. The van der Waals surface area contributed by atoms with Gasteiger partial charge in [0.25, 0.3) is 6.01 Å². The highest BCUT2D eigenvalue weighted by molar-refractivity contribution is 9.10. The van der Waals surface area contributed by atoms with Crippen LogP contribution >= 0.6 is 15.9 Å². The van der Waals surface area contributed by atoms with E-state index in [2.05, 4.69) is 36.1 Å². The monoisotopic (exact) mass is 282 g/mol. The van der Waals surface area contributed by atoms with Gasteiger partial charge in [0.2, 0.25) is 5.71 Å². The van der Waals surface area contributed by atoms with Gasteiger partial charge in [-0.3, -0.25) is 0 Å². The number of hydrogen-bond donors (Lipinski definition) is 1. The largest absolute Gasteiger partial charge is 0.404 e. The maximum Gasteiger partial charge on any atom is 0.299 e. The molecule has 3 heterocycles. The fourth-order valence-electron chi connectivity index (χ4n) is 1.78. The molecule has 1 aliphatic rings. The molecule has 5 nitrogen and oxygen atoms in total. The van der Waals surface area contributed by atoms with Crippen LogP contribution in [0.25, 0.3) is 11.2 Å². The predicted octanol–water partition coefficient (Wildman–Crippen LogP) is 1.39. The molecule has 0 spiro atoms. The van der Waals surface area contributed by atoms with Gasteiger partial charge in [0, 0.05) is 36.8 Å². The van der Waals surface area contributed by atoms with Crippen molar-refractivity contribution in [2.75, 3.05) is 31.1 Å². The zero-order valence-corrected chi connectivity index (χ0v) is 10.2. The van der Waals surface area contributed by atoms with Crippen molar-refractivity contribution in [1.82, 2.24) is 15.3 Å². The maximum atomic E-state index is 5.62. The second-order valence-electron chi connectivity index (χ2n) is 3.71. The first-order chi connectivity index (χ1) is 7.83. The van der Waals surface area contributed by atoms with E-state index in [9.17, 15) is 0 Å². The van der Waals surface area contributed by atoms with E-state index in [1.807, 2.05) is 6.07 Å². The molecule has 0 unspecified atom stereocenters. The standard InChI is InChI=1S/C10H11BrN4O/c11-7-5-8-9(13-6-7)16-10(14-8)15-3-1-12-2-4-15/h5-6,12H,1-4H2. The summed E-state index contributed by atoms with van der Waals surface area (Å²) in [6.07, 6.45) is 1.72. The highest BCUT2D eigenvalue weighted by Crippen LogP contribution is 2.22. The van der Waals surface area contributed by atoms with Crippen LogP contribution in [-0.4, -0.2) is 36.1 Å². The molecule has 0 radical (unpaired) electrons.